The molecular formula is C8H15N2OS. The first-order valence-corrected chi connectivity index (χ1v) is 5.68. The Bertz CT molecular complexity index is 117. The smallest absolute Gasteiger partial charge is 0.0999 e. The largest absolute Gasteiger partial charge is 0.377 e. The van der Waals surface area contributed by atoms with Gasteiger partial charge in [0, 0.05) is 31.1 Å². The summed E-state index contributed by atoms with van der Waals surface area (Å²) in [6.07, 6.45) is 0.361. The third kappa shape index (κ3) is 2.13. The predicted octanol–water partition coefficient (Wildman–Crippen LogP) is -0.00410. The van der Waals surface area contributed by atoms with Crippen LogP contribution in [0.25, 0.3) is 0 Å². The molecule has 12 heavy (non-hydrogen) atoms. The molecule has 0 bridgehead atoms. The number of hydrogen-bond acceptors (Lipinski definition) is 3. The van der Waals surface area contributed by atoms with Gasteiger partial charge in [-0.25, -0.2) is 5.32 Å². The second kappa shape index (κ2) is 4.46. The zero-order valence-electron chi connectivity index (χ0n) is 7.24. The van der Waals surface area contributed by atoms with Gasteiger partial charge in [-0.3, -0.25) is 4.90 Å². The van der Waals surface area contributed by atoms with Crippen LogP contribution in [0.4, 0.5) is 0 Å². The fraction of sp³-hybridized carbons (Fsp3) is 1.00. The predicted molar refractivity (Wildman–Crippen MR) is 50.5 cm³/mol. The molecule has 2 aliphatic rings. The van der Waals surface area contributed by atoms with Gasteiger partial charge in [-0.2, -0.15) is 11.8 Å². The second-order valence-electron chi connectivity index (χ2n) is 3.11. The Morgan fingerprint density at radius 1 is 1.33 bits per heavy atom. The molecule has 0 aromatic carbocycles. The molecular weight excluding hydrogens is 172 g/mol. The van der Waals surface area contributed by atoms with Crippen molar-refractivity contribution in [3.63, 3.8) is 0 Å². The van der Waals surface area contributed by atoms with E-state index in [1.807, 2.05) is 11.8 Å². The normalized spacial score (nSPS) is 33.5. The number of nitrogens with zero attached hydrogens (tertiary/aromatic N) is 2. The third-order valence-electron chi connectivity index (χ3n) is 2.31. The Hall–Kier alpha value is 0.230. The average Bonchev–Trinajstić information content (AvgIpc) is 2.21. The lowest BCUT2D eigenvalue weighted by molar-refractivity contribution is 0.0103. The van der Waals surface area contributed by atoms with Crippen LogP contribution in [-0.2, 0) is 4.74 Å². The van der Waals surface area contributed by atoms with E-state index in [0.717, 1.165) is 19.8 Å². The molecule has 69 valence electrons. The summed E-state index contributed by atoms with van der Waals surface area (Å²) in [5, 5.41) is 4.54. The van der Waals surface area contributed by atoms with E-state index in [1.54, 1.807) is 0 Å². The van der Waals surface area contributed by atoms with E-state index in [4.69, 9.17) is 4.74 Å². The zero-order valence-corrected chi connectivity index (χ0v) is 8.05. The summed E-state index contributed by atoms with van der Waals surface area (Å²) < 4.78 is 5.39. The summed E-state index contributed by atoms with van der Waals surface area (Å²) in [5.74, 6) is 2.51. The summed E-state index contributed by atoms with van der Waals surface area (Å²) in [4.78, 5) is 2.44. The lowest BCUT2D eigenvalue weighted by Gasteiger charge is -2.35. The Labute approximate surface area is 77.8 Å². The van der Waals surface area contributed by atoms with Gasteiger partial charge >= 0.3 is 0 Å². The SMILES string of the molecule is C1COCC(N2CCSCC2)[N]1. The average molecular weight is 187 g/mol. The first-order chi connectivity index (χ1) is 5.97. The van der Waals surface area contributed by atoms with Gasteiger partial charge in [0.15, 0.2) is 0 Å². The van der Waals surface area contributed by atoms with E-state index in [2.05, 4.69) is 10.2 Å². The number of ether oxygens (including phenoxy) is 1. The van der Waals surface area contributed by atoms with Crippen LogP contribution in [0.2, 0.25) is 0 Å². The van der Waals surface area contributed by atoms with Crippen molar-refractivity contribution in [2.75, 3.05) is 44.4 Å². The van der Waals surface area contributed by atoms with Crippen molar-refractivity contribution in [3.8, 4) is 0 Å². The molecule has 0 aromatic rings. The summed E-state index contributed by atoms with van der Waals surface area (Å²) in [7, 11) is 0. The first kappa shape index (κ1) is 8.81. The number of rotatable bonds is 1. The molecule has 2 aliphatic heterocycles. The van der Waals surface area contributed by atoms with Crippen molar-refractivity contribution in [3.05, 3.63) is 0 Å². The molecule has 3 nitrogen and oxygen atoms in total. The van der Waals surface area contributed by atoms with E-state index in [1.165, 1.54) is 24.6 Å². The van der Waals surface area contributed by atoms with E-state index in [0.29, 0.717) is 6.17 Å². The van der Waals surface area contributed by atoms with Gasteiger partial charge in [0.1, 0.15) is 0 Å². The van der Waals surface area contributed by atoms with Crippen molar-refractivity contribution < 1.29 is 4.74 Å². The van der Waals surface area contributed by atoms with Crippen molar-refractivity contribution in [1.82, 2.24) is 10.2 Å². The van der Waals surface area contributed by atoms with Crippen molar-refractivity contribution in [2.24, 2.45) is 0 Å². The topological polar surface area (TPSA) is 26.6 Å². The number of hydrogen-bond donors (Lipinski definition) is 0. The van der Waals surface area contributed by atoms with Crippen LogP contribution < -0.4 is 5.32 Å². The highest BCUT2D eigenvalue weighted by atomic mass is 32.2. The van der Waals surface area contributed by atoms with Crippen LogP contribution in [0, 0.1) is 0 Å². The molecule has 0 aromatic heterocycles. The zero-order chi connectivity index (χ0) is 8.23. The highest BCUT2D eigenvalue weighted by molar-refractivity contribution is 7.99. The Morgan fingerprint density at radius 2 is 2.17 bits per heavy atom. The van der Waals surface area contributed by atoms with Gasteiger partial charge in [0.2, 0.25) is 0 Å². The van der Waals surface area contributed by atoms with Crippen LogP contribution in [0.15, 0.2) is 0 Å². The van der Waals surface area contributed by atoms with Crippen molar-refractivity contribution >= 4 is 11.8 Å². The Morgan fingerprint density at radius 3 is 2.83 bits per heavy atom. The highest BCUT2D eigenvalue weighted by Crippen LogP contribution is 2.12. The van der Waals surface area contributed by atoms with E-state index < -0.39 is 0 Å². The van der Waals surface area contributed by atoms with Crippen LogP contribution in [-0.4, -0.2) is 55.4 Å². The minimum atomic E-state index is 0.361. The molecule has 0 aliphatic carbocycles. The van der Waals surface area contributed by atoms with E-state index >= 15 is 0 Å². The molecule has 2 saturated heterocycles. The summed E-state index contributed by atoms with van der Waals surface area (Å²) in [5.41, 5.74) is 0. The fourth-order valence-electron chi connectivity index (χ4n) is 1.60. The molecule has 1 radical (unpaired) electrons. The molecule has 0 amide bonds. The van der Waals surface area contributed by atoms with E-state index in [9.17, 15) is 0 Å². The molecule has 2 heterocycles. The van der Waals surface area contributed by atoms with Gasteiger partial charge in [-0.05, 0) is 0 Å². The molecule has 0 N–H and O–H groups in total. The minimum absolute atomic E-state index is 0.361. The molecule has 1 atom stereocenters. The van der Waals surface area contributed by atoms with Crippen molar-refractivity contribution in [1.29, 1.82) is 0 Å². The summed E-state index contributed by atoms with van der Waals surface area (Å²) >= 11 is 2.04. The van der Waals surface area contributed by atoms with Gasteiger partial charge in [0.25, 0.3) is 0 Å². The lowest BCUT2D eigenvalue weighted by atomic mass is 10.3. The molecule has 1 unspecified atom stereocenters. The second-order valence-corrected chi connectivity index (χ2v) is 4.33. The molecule has 0 saturated carbocycles. The maximum atomic E-state index is 5.39. The number of morpholine rings is 1. The quantitative estimate of drug-likeness (QED) is 0.578. The van der Waals surface area contributed by atoms with Crippen LogP contribution in [0.1, 0.15) is 0 Å². The molecule has 2 rings (SSSR count). The van der Waals surface area contributed by atoms with E-state index in [-0.39, 0.29) is 0 Å². The lowest BCUT2D eigenvalue weighted by Crippen LogP contribution is -2.51. The summed E-state index contributed by atoms with van der Waals surface area (Å²) in [6, 6.07) is 0. The van der Waals surface area contributed by atoms with Crippen LogP contribution in [0.3, 0.4) is 0 Å². The maximum Gasteiger partial charge on any atom is 0.0999 e. The van der Waals surface area contributed by atoms with Gasteiger partial charge in [0.05, 0.1) is 19.4 Å². The maximum absolute atomic E-state index is 5.39. The Balaban J connectivity index is 1.80. The molecule has 2 fully saturated rings. The van der Waals surface area contributed by atoms with Gasteiger partial charge < -0.3 is 4.74 Å². The molecule has 0 spiro atoms. The fourth-order valence-corrected chi connectivity index (χ4v) is 2.54. The highest BCUT2D eigenvalue weighted by Gasteiger charge is 2.23. The van der Waals surface area contributed by atoms with Gasteiger partial charge in [-0.15, -0.1) is 0 Å². The Kier molecular flexibility index (Phi) is 3.28. The third-order valence-corrected chi connectivity index (χ3v) is 3.25. The first-order valence-electron chi connectivity index (χ1n) is 4.53. The molecule has 4 heteroatoms. The number of thioether (sulfide) groups is 1. The van der Waals surface area contributed by atoms with Crippen LogP contribution in [0.5, 0.6) is 0 Å². The van der Waals surface area contributed by atoms with Gasteiger partial charge in [-0.1, -0.05) is 0 Å². The summed E-state index contributed by atoms with van der Waals surface area (Å²) in [6.45, 7) is 4.88. The monoisotopic (exact) mass is 187 g/mol. The standard InChI is InChI=1S/C8H15N2OS/c1-4-11-7-8(9-1)10-2-5-12-6-3-10/h8H,1-7H2. The van der Waals surface area contributed by atoms with Crippen LogP contribution >= 0.6 is 11.8 Å². The minimum Gasteiger partial charge on any atom is -0.377 e. The van der Waals surface area contributed by atoms with Crippen molar-refractivity contribution in [2.45, 2.75) is 6.17 Å².